The number of hydrogen-bond acceptors (Lipinski definition) is 4. The summed E-state index contributed by atoms with van der Waals surface area (Å²) < 4.78 is 0. The second-order valence-corrected chi connectivity index (χ2v) is 6.27. The molecule has 1 heterocycles. The predicted molar refractivity (Wildman–Crippen MR) is 85.2 cm³/mol. The summed E-state index contributed by atoms with van der Waals surface area (Å²) in [6, 6.07) is 9.75. The van der Waals surface area contributed by atoms with Gasteiger partial charge in [-0.2, -0.15) is 0 Å². The van der Waals surface area contributed by atoms with Crippen LogP contribution in [0.5, 0.6) is 0 Å². The van der Waals surface area contributed by atoms with E-state index >= 15 is 0 Å². The number of anilines is 2. The van der Waals surface area contributed by atoms with Crippen molar-refractivity contribution in [1.82, 2.24) is 0 Å². The number of para-hydroxylation sites is 1. The smallest absolute Gasteiger partial charge is 0.250 e. The SMILES string of the molecule is Cc1ccc(CC(C)Nc2cccc(C(N)=O)c2N)s1. The number of amides is 1. The third-order valence-electron chi connectivity index (χ3n) is 3.08. The maximum absolute atomic E-state index is 11.3. The van der Waals surface area contributed by atoms with Gasteiger partial charge in [-0.25, -0.2) is 0 Å². The number of thiophene rings is 1. The number of rotatable bonds is 5. The first-order chi connectivity index (χ1) is 9.47. The minimum absolute atomic E-state index is 0.221. The molecule has 0 aliphatic rings. The second kappa shape index (κ2) is 5.96. The van der Waals surface area contributed by atoms with Gasteiger partial charge in [-0.15, -0.1) is 11.3 Å². The van der Waals surface area contributed by atoms with Gasteiger partial charge in [-0.1, -0.05) is 6.07 Å². The first kappa shape index (κ1) is 14.4. The largest absolute Gasteiger partial charge is 0.396 e. The van der Waals surface area contributed by atoms with Crippen LogP contribution in [-0.2, 0) is 6.42 Å². The number of nitrogens with one attached hydrogen (secondary N) is 1. The molecular weight excluding hydrogens is 270 g/mol. The van der Waals surface area contributed by atoms with Crippen LogP contribution >= 0.6 is 11.3 Å². The lowest BCUT2D eigenvalue weighted by Gasteiger charge is -2.17. The lowest BCUT2D eigenvalue weighted by atomic mass is 10.1. The molecule has 2 rings (SSSR count). The highest BCUT2D eigenvalue weighted by molar-refractivity contribution is 7.11. The van der Waals surface area contributed by atoms with E-state index in [0.717, 1.165) is 12.1 Å². The van der Waals surface area contributed by atoms with Crippen LogP contribution in [0.2, 0.25) is 0 Å². The maximum atomic E-state index is 11.3. The van der Waals surface area contributed by atoms with Gasteiger partial charge in [0.2, 0.25) is 0 Å². The number of benzene rings is 1. The van der Waals surface area contributed by atoms with Crippen LogP contribution in [-0.4, -0.2) is 11.9 Å². The molecule has 0 spiro atoms. The van der Waals surface area contributed by atoms with E-state index in [9.17, 15) is 4.79 Å². The first-order valence-corrected chi connectivity index (χ1v) is 7.29. The van der Waals surface area contributed by atoms with Gasteiger partial charge in [0.05, 0.1) is 16.9 Å². The molecule has 106 valence electrons. The van der Waals surface area contributed by atoms with E-state index in [1.807, 2.05) is 6.07 Å². The van der Waals surface area contributed by atoms with Gasteiger partial charge in [-0.05, 0) is 38.1 Å². The monoisotopic (exact) mass is 289 g/mol. The van der Waals surface area contributed by atoms with E-state index in [1.165, 1.54) is 9.75 Å². The molecule has 1 aromatic heterocycles. The number of carbonyl (C=O) groups is 1. The Balaban J connectivity index is 2.09. The van der Waals surface area contributed by atoms with Crippen molar-refractivity contribution in [2.75, 3.05) is 11.1 Å². The Labute approximate surface area is 122 Å². The lowest BCUT2D eigenvalue weighted by Crippen LogP contribution is -2.20. The fourth-order valence-corrected chi connectivity index (χ4v) is 3.14. The number of primary amides is 1. The predicted octanol–water partition coefficient (Wildman–Crippen LogP) is 2.78. The quantitative estimate of drug-likeness (QED) is 0.740. The molecule has 0 saturated heterocycles. The third kappa shape index (κ3) is 3.30. The average molecular weight is 289 g/mol. The molecule has 5 heteroatoms. The fraction of sp³-hybridized carbons (Fsp3) is 0.267. The van der Waals surface area contributed by atoms with Crippen molar-refractivity contribution in [2.45, 2.75) is 26.3 Å². The van der Waals surface area contributed by atoms with Gasteiger partial charge < -0.3 is 16.8 Å². The zero-order valence-electron chi connectivity index (χ0n) is 11.6. The Morgan fingerprint density at radius 1 is 1.35 bits per heavy atom. The maximum Gasteiger partial charge on any atom is 0.250 e. The standard InChI is InChI=1S/C15H19N3OS/c1-9(8-11-7-6-10(2)20-11)18-13-5-3-4-12(14(13)16)15(17)19/h3-7,9,18H,8,16H2,1-2H3,(H2,17,19). The molecule has 1 atom stereocenters. The number of aryl methyl sites for hydroxylation is 1. The molecule has 0 fully saturated rings. The van der Waals surface area contributed by atoms with Crippen molar-refractivity contribution in [2.24, 2.45) is 5.73 Å². The summed E-state index contributed by atoms with van der Waals surface area (Å²) in [5.74, 6) is -0.507. The van der Waals surface area contributed by atoms with Crippen molar-refractivity contribution in [3.63, 3.8) is 0 Å². The van der Waals surface area contributed by atoms with E-state index in [1.54, 1.807) is 23.5 Å². The zero-order valence-corrected chi connectivity index (χ0v) is 12.5. The number of carbonyl (C=O) groups excluding carboxylic acids is 1. The number of nitrogens with two attached hydrogens (primary N) is 2. The average Bonchev–Trinajstić information content (AvgIpc) is 2.77. The third-order valence-corrected chi connectivity index (χ3v) is 4.10. The van der Waals surface area contributed by atoms with Gasteiger partial charge in [0.1, 0.15) is 0 Å². The second-order valence-electron chi connectivity index (χ2n) is 4.89. The van der Waals surface area contributed by atoms with Crippen LogP contribution in [0.25, 0.3) is 0 Å². The minimum Gasteiger partial charge on any atom is -0.396 e. The molecule has 1 unspecified atom stereocenters. The van der Waals surface area contributed by atoms with E-state index in [4.69, 9.17) is 11.5 Å². The Bertz CT molecular complexity index is 621. The van der Waals surface area contributed by atoms with Crippen LogP contribution in [0.15, 0.2) is 30.3 Å². The Kier molecular flexibility index (Phi) is 4.29. The van der Waals surface area contributed by atoms with Gasteiger partial charge in [0, 0.05) is 22.2 Å². The molecular formula is C15H19N3OS. The first-order valence-electron chi connectivity index (χ1n) is 6.47. The van der Waals surface area contributed by atoms with Crippen molar-refractivity contribution < 1.29 is 4.79 Å². The Morgan fingerprint density at radius 2 is 2.10 bits per heavy atom. The highest BCUT2D eigenvalue weighted by Crippen LogP contribution is 2.24. The molecule has 5 N–H and O–H groups in total. The molecule has 1 amide bonds. The highest BCUT2D eigenvalue weighted by atomic mass is 32.1. The van der Waals surface area contributed by atoms with Gasteiger partial charge >= 0.3 is 0 Å². The highest BCUT2D eigenvalue weighted by Gasteiger charge is 2.12. The van der Waals surface area contributed by atoms with Crippen LogP contribution in [0.3, 0.4) is 0 Å². The topological polar surface area (TPSA) is 81.1 Å². The normalized spacial score (nSPS) is 12.1. The summed E-state index contributed by atoms with van der Waals surface area (Å²) in [6.07, 6.45) is 0.915. The number of nitrogen functional groups attached to an aromatic ring is 1. The lowest BCUT2D eigenvalue weighted by molar-refractivity contribution is 0.100. The van der Waals surface area contributed by atoms with Crippen molar-refractivity contribution in [3.05, 3.63) is 45.6 Å². The van der Waals surface area contributed by atoms with Crippen LogP contribution in [0, 0.1) is 6.92 Å². The van der Waals surface area contributed by atoms with Gasteiger partial charge in [-0.3, -0.25) is 4.79 Å². The molecule has 0 aliphatic heterocycles. The molecule has 0 bridgehead atoms. The molecule has 0 aliphatic carbocycles. The molecule has 20 heavy (non-hydrogen) atoms. The summed E-state index contributed by atoms with van der Waals surface area (Å²) in [6.45, 7) is 4.19. The summed E-state index contributed by atoms with van der Waals surface area (Å²) >= 11 is 1.79. The molecule has 2 aromatic rings. The fourth-order valence-electron chi connectivity index (χ4n) is 2.12. The van der Waals surface area contributed by atoms with Gasteiger partial charge in [0.15, 0.2) is 0 Å². The molecule has 0 saturated carbocycles. The van der Waals surface area contributed by atoms with Crippen LogP contribution in [0.1, 0.15) is 27.0 Å². The molecule has 1 aromatic carbocycles. The summed E-state index contributed by atoms with van der Waals surface area (Å²) in [5.41, 5.74) is 12.8. The van der Waals surface area contributed by atoms with Crippen LogP contribution in [0.4, 0.5) is 11.4 Å². The Morgan fingerprint density at radius 3 is 2.70 bits per heavy atom. The summed E-state index contributed by atoms with van der Waals surface area (Å²) in [7, 11) is 0. The van der Waals surface area contributed by atoms with E-state index in [0.29, 0.717) is 11.3 Å². The summed E-state index contributed by atoms with van der Waals surface area (Å²) in [5, 5.41) is 3.34. The minimum atomic E-state index is -0.507. The van der Waals surface area contributed by atoms with Crippen molar-refractivity contribution in [1.29, 1.82) is 0 Å². The van der Waals surface area contributed by atoms with Crippen molar-refractivity contribution >= 4 is 28.6 Å². The zero-order chi connectivity index (χ0) is 14.7. The van der Waals surface area contributed by atoms with E-state index < -0.39 is 5.91 Å². The van der Waals surface area contributed by atoms with E-state index in [2.05, 4.69) is 31.3 Å². The van der Waals surface area contributed by atoms with Crippen molar-refractivity contribution in [3.8, 4) is 0 Å². The molecule has 0 radical (unpaired) electrons. The van der Waals surface area contributed by atoms with Gasteiger partial charge in [0.25, 0.3) is 5.91 Å². The summed E-state index contributed by atoms with van der Waals surface area (Å²) in [4.78, 5) is 13.9. The van der Waals surface area contributed by atoms with E-state index in [-0.39, 0.29) is 6.04 Å². The van der Waals surface area contributed by atoms with Crippen LogP contribution < -0.4 is 16.8 Å². The number of hydrogen-bond donors (Lipinski definition) is 3. The Hall–Kier alpha value is -2.01. The molecule has 4 nitrogen and oxygen atoms in total.